The molecule has 1 amide bonds. The molecule has 0 aromatic heterocycles. The van der Waals surface area contributed by atoms with Crippen LogP contribution in [0.15, 0.2) is 12.1 Å². The molecule has 1 rings (SSSR count). The molecule has 0 aliphatic heterocycles. The van der Waals surface area contributed by atoms with Gasteiger partial charge >= 0.3 is 0 Å². The van der Waals surface area contributed by atoms with Crippen molar-refractivity contribution in [1.29, 1.82) is 0 Å². The van der Waals surface area contributed by atoms with Gasteiger partial charge in [0.2, 0.25) is 6.29 Å². The number of carbonyl (C=O) groups is 2. The number of ether oxygens (including phenoxy) is 1. The number of methoxy groups -OCH3 is 1. The van der Waals surface area contributed by atoms with Crippen LogP contribution in [0, 0.1) is 13.8 Å². The van der Waals surface area contributed by atoms with E-state index in [2.05, 4.69) is 6.07 Å². The summed E-state index contributed by atoms with van der Waals surface area (Å²) in [6.45, 7) is 4.52. The third kappa shape index (κ3) is 3.32. The second-order valence-corrected chi connectivity index (χ2v) is 4.40. The number of aryl methyl sites for hydroxylation is 2. The standard InChI is InChI=1S/C14H19NO3/c1-10-7-11(2)14(18-4)12(8-10)5-6-15(3)13(17)9-16/h7-9H,5-6H2,1-4H3. The van der Waals surface area contributed by atoms with Crippen LogP contribution in [-0.2, 0) is 16.0 Å². The van der Waals surface area contributed by atoms with E-state index in [4.69, 9.17) is 4.74 Å². The molecule has 4 heteroatoms. The maximum absolute atomic E-state index is 11.1. The minimum absolute atomic E-state index is 0.332. The highest BCUT2D eigenvalue weighted by molar-refractivity contribution is 6.23. The SMILES string of the molecule is COc1c(C)cc(C)cc1CCN(C)C(=O)C=O. The van der Waals surface area contributed by atoms with Crippen LogP contribution in [0.25, 0.3) is 0 Å². The predicted octanol–water partition coefficient (Wildman–Crippen LogP) is 1.51. The van der Waals surface area contributed by atoms with Crippen LogP contribution in [0.4, 0.5) is 0 Å². The van der Waals surface area contributed by atoms with Gasteiger partial charge in [0.05, 0.1) is 7.11 Å². The van der Waals surface area contributed by atoms with Gasteiger partial charge in [0.1, 0.15) is 5.75 Å². The van der Waals surface area contributed by atoms with Crippen molar-refractivity contribution in [1.82, 2.24) is 4.90 Å². The molecule has 0 atom stereocenters. The summed E-state index contributed by atoms with van der Waals surface area (Å²) in [4.78, 5) is 22.9. The Balaban J connectivity index is 2.84. The minimum atomic E-state index is -0.502. The van der Waals surface area contributed by atoms with Crippen molar-refractivity contribution in [2.24, 2.45) is 0 Å². The summed E-state index contributed by atoms with van der Waals surface area (Å²) < 4.78 is 5.38. The first-order chi connectivity index (χ1) is 8.49. The van der Waals surface area contributed by atoms with Crippen LogP contribution in [0.1, 0.15) is 16.7 Å². The molecule has 0 N–H and O–H groups in total. The van der Waals surface area contributed by atoms with E-state index in [0.717, 1.165) is 22.4 Å². The van der Waals surface area contributed by atoms with Crippen LogP contribution < -0.4 is 4.74 Å². The van der Waals surface area contributed by atoms with Gasteiger partial charge in [0.15, 0.2) is 0 Å². The Labute approximate surface area is 108 Å². The van der Waals surface area contributed by atoms with Crippen molar-refractivity contribution in [2.75, 3.05) is 20.7 Å². The second-order valence-electron chi connectivity index (χ2n) is 4.40. The van der Waals surface area contributed by atoms with E-state index in [1.807, 2.05) is 19.9 Å². The lowest BCUT2D eigenvalue weighted by Gasteiger charge is -2.17. The van der Waals surface area contributed by atoms with Gasteiger partial charge in [0, 0.05) is 13.6 Å². The largest absolute Gasteiger partial charge is 0.496 e. The van der Waals surface area contributed by atoms with Gasteiger partial charge < -0.3 is 9.64 Å². The number of likely N-dealkylation sites (N-methyl/N-ethyl adjacent to an activating group) is 1. The first kappa shape index (κ1) is 14.2. The molecular weight excluding hydrogens is 230 g/mol. The Kier molecular flexibility index (Phi) is 4.89. The highest BCUT2D eigenvalue weighted by atomic mass is 16.5. The highest BCUT2D eigenvalue weighted by Gasteiger charge is 2.11. The Morgan fingerprint density at radius 1 is 1.39 bits per heavy atom. The normalized spacial score (nSPS) is 10.0. The number of hydrogen-bond donors (Lipinski definition) is 0. The van der Waals surface area contributed by atoms with Gasteiger partial charge in [-0.15, -0.1) is 0 Å². The Morgan fingerprint density at radius 2 is 2.06 bits per heavy atom. The summed E-state index contributed by atoms with van der Waals surface area (Å²) in [6, 6.07) is 4.10. The van der Waals surface area contributed by atoms with Crippen LogP contribution >= 0.6 is 0 Å². The fraction of sp³-hybridized carbons (Fsp3) is 0.429. The average molecular weight is 249 g/mol. The number of aldehydes is 1. The molecule has 0 radical (unpaired) electrons. The number of hydrogen-bond acceptors (Lipinski definition) is 3. The maximum Gasteiger partial charge on any atom is 0.286 e. The van der Waals surface area contributed by atoms with E-state index in [1.165, 1.54) is 4.90 Å². The monoisotopic (exact) mass is 249 g/mol. The van der Waals surface area contributed by atoms with Gasteiger partial charge in [-0.3, -0.25) is 9.59 Å². The van der Waals surface area contributed by atoms with Gasteiger partial charge in [-0.25, -0.2) is 0 Å². The third-order valence-corrected chi connectivity index (χ3v) is 2.89. The lowest BCUT2D eigenvalue weighted by molar-refractivity contribution is -0.137. The summed E-state index contributed by atoms with van der Waals surface area (Å²) in [7, 11) is 3.26. The van der Waals surface area contributed by atoms with Gasteiger partial charge in [-0.1, -0.05) is 17.7 Å². The lowest BCUT2D eigenvalue weighted by atomic mass is 10.0. The molecule has 0 fully saturated rings. The molecule has 98 valence electrons. The highest BCUT2D eigenvalue weighted by Crippen LogP contribution is 2.25. The second kappa shape index (κ2) is 6.19. The molecule has 0 spiro atoms. The van der Waals surface area contributed by atoms with Crippen LogP contribution in [0.2, 0.25) is 0 Å². The summed E-state index contributed by atoms with van der Waals surface area (Å²) in [6.07, 6.45) is 1.00. The summed E-state index contributed by atoms with van der Waals surface area (Å²) in [5.74, 6) is 0.353. The predicted molar refractivity (Wildman–Crippen MR) is 69.9 cm³/mol. The molecule has 4 nitrogen and oxygen atoms in total. The number of rotatable bonds is 5. The molecular formula is C14H19NO3. The molecule has 0 saturated heterocycles. The molecule has 0 heterocycles. The van der Waals surface area contributed by atoms with Crippen LogP contribution in [-0.4, -0.2) is 37.8 Å². The Morgan fingerprint density at radius 3 is 2.61 bits per heavy atom. The summed E-state index contributed by atoms with van der Waals surface area (Å²) in [5.41, 5.74) is 3.30. The van der Waals surface area contributed by atoms with Crippen molar-refractivity contribution in [2.45, 2.75) is 20.3 Å². The van der Waals surface area contributed by atoms with Crippen molar-refractivity contribution < 1.29 is 14.3 Å². The molecule has 0 bridgehead atoms. The molecule has 18 heavy (non-hydrogen) atoms. The number of carbonyl (C=O) groups excluding carboxylic acids is 2. The first-order valence-corrected chi connectivity index (χ1v) is 5.84. The average Bonchev–Trinajstić information content (AvgIpc) is 2.34. The third-order valence-electron chi connectivity index (χ3n) is 2.89. The van der Waals surface area contributed by atoms with E-state index in [-0.39, 0.29) is 0 Å². The smallest absolute Gasteiger partial charge is 0.286 e. The summed E-state index contributed by atoms with van der Waals surface area (Å²) >= 11 is 0. The molecule has 1 aromatic carbocycles. The quantitative estimate of drug-likeness (QED) is 0.587. The zero-order valence-corrected chi connectivity index (χ0v) is 11.3. The van der Waals surface area contributed by atoms with Crippen molar-refractivity contribution >= 4 is 12.2 Å². The molecule has 0 aliphatic rings. The topological polar surface area (TPSA) is 46.6 Å². The molecule has 0 unspecified atom stereocenters. The Hall–Kier alpha value is -1.84. The van der Waals surface area contributed by atoms with E-state index in [1.54, 1.807) is 14.2 Å². The number of nitrogens with zero attached hydrogens (tertiary/aromatic N) is 1. The van der Waals surface area contributed by atoms with Gasteiger partial charge in [0.25, 0.3) is 5.91 Å². The Bertz CT molecular complexity index is 455. The zero-order valence-electron chi connectivity index (χ0n) is 11.3. The zero-order chi connectivity index (χ0) is 13.7. The fourth-order valence-corrected chi connectivity index (χ4v) is 2.01. The van der Waals surface area contributed by atoms with Crippen molar-refractivity contribution in [3.8, 4) is 5.75 Å². The number of benzene rings is 1. The summed E-state index contributed by atoms with van der Waals surface area (Å²) in [5, 5.41) is 0. The van der Waals surface area contributed by atoms with Crippen LogP contribution in [0.3, 0.4) is 0 Å². The van der Waals surface area contributed by atoms with Gasteiger partial charge in [-0.2, -0.15) is 0 Å². The maximum atomic E-state index is 11.1. The molecule has 1 aromatic rings. The molecule has 0 aliphatic carbocycles. The van der Waals surface area contributed by atoms with E-state index >= 15 is 0 Å². The first-order valence-electron chi connectivity index (χ1n) is 5.84. The number of amides is 1. The van der Waals surface area contributed by atoms with E-state index in [0.29, 0.717) is 19.3 Å². The van der Waals surface area contributed by atoms with Crippen LogP contribution in [0.5, 0.6) is 5.75 Å². The van der Waals surface area contributed by atoms with Crippen molar-refractivity contribution in [3.63, 3.8) is 0 Å². The van der Waals surface area contributed by atoms with E-state index < -0.39 is 5.91 Å². The van der Waals surface area contributed by atoms with Crippen molar-refractivity contribution in [3.05, 3.63) is 28.8 Å². The molecule has 0 saturated carbocycles. The van der Waals surface area contributed by atoms with E-state index in [9.17, 15) is 9.59 Å². The van der Waals surface area contributed by atoms with Gasteiger partial charge in [-0.05, 0) is 31.4 Å². The lowest BCUT2D eigenvalue weighted by Crippen LogP contribution is -2.29. The fourth-order valence-electron chi connectivity index (χ4n) is 2.01. The minimum Gasteiger partial charge on any atom is -0.496 e.